The molecule has 1 amide bonds. The Bertz CT molecular complexity index is 875. The highest BCUT2D eigenvalue weighted by molar-refractivity contribution is 5.95. The van der Waals surface area contributed by atoms with E-state index < -0.39 is 0 Å². The largest absolute Gasteiger partial charge is 0.348 e. The van der Waals surface area contributed by atoms with Crippen LogP contribution in [0.2, 0.25) is 0 Å². The first-order valence-electron chi connectivity index (χ1n) is 8.07. The van der Waals surface area contributed by atoms with E-state index in [1.807, 2.05) is 39.0 Å². The second-order valence-electron chi connectivity index (χ2n) is 6.02. The van der Waals surface area contributed by atoms with Gasteiger partial charge in [-0.15, -0.1) is 0 Å². The van der Waals surface area contributed by atoms with Gasteiger partial charge in [0.15, 0.2) is 0 Å². The summed E-state index contributed by atoms with van der Waals surface area (Å²) in [6.07, 6.45) is 4.84. The Morgan fingerprint density at radius 2 is 2.16 bits per heavy atom. The molecular weight excluding hydrogens is 316 g/mol. The summed E-state index contributed by atoms with van der Waals surface area (Å²) >= 11 is 0. The average Bonchev–Trinajstić information content (AvgIpc) is 3.10. The SMILES string of the molecule is Cc1cnc(C)c(-c2cccc(C(=O)N[C@H](C)Cn3cncn3)c2)n1. The molecule has 3 rings (SSSR count). The zero-order chi connectivity index (χ0) is 17.8. The zero-order valence-corrected chi connectivity index (χ0v) is 14.5. The quantitative estimate of drug-likeness (QED) is 0.772. The van der Waals surface area contributed by atoms with Crippen molar-refractivity contribution in [1.82, 2.24) is 30.0 Å². The minimum absolute atomic E-state index is 0.0710. The molecule has 1 atom stereocenters. The van der Waals surface area contributed by atoms with E-state index in [2.05, 4.69) is 25.4 Å². The van der Waals surface area contributed by atoms with Crippen LogP contribution in [-0.4, -0.2) is 36.7 Å². The van der Waals surface area contributed by atoms with Crippen molar-refractivity contribution in [2.75, 3.05) is 0 Å². The van der Waals surface area contributed by atoms with Gasteiger partial charge in [0.25, 0.3) is 5.91 Å². The van der Waals surface area contributed by atoms with E-state index in [0.29, 0.717) is 12.1 Å². The fourth-order valence-corrected chi connectivity index (χ4v) is 2.58. The van der Waals surface area contributed by atoms with Crippen LogP contribution in [0.25, 0.3) is 11.3 Å². The fraction of sp³-hybridized carbons (Fsp3) is 0.278. The van der Waals surface area contributed by atoms with Crippen LogP contribution < -0.4 is 5.32 Å². The number of nitrogens with zero attached hydrogens (tertiary/aromatic N) is 5. The van der Waals surface area contributed by atoms with Crippen LogP contribution in [-0.2, 0) is 6.54 Å². The molecule has 128 valence electrons. The Balaban J connectivity index is 1.76. The van der Waals surface area contributed by atoms with Crippen LogP contribution in [0.5, 0.6) is 0 Å². The standard InChI is InChI=1S/C18H20N6O/c1-12-8-20-14(3)17(22-12)15-5-4-6-16(7-15)18(25)23-13(2)9-24-11-19-10-21-24/h4-8,10-11,13H,9H2,1-3H3,(H,23,25)/t13-/m1/s1. The summed E-state index contributed by atoms with van der Waals surface area (Å²) in [5.41, 5.74) is 3.95. The smallest absolute Gasteiger partial charge is 0.251 e. The van der Waals surface area contributed by atoms with Gasteiger partial charge in [0, 0.05) is 23.4 Å². The number of aryl methyl sites for hydroxylation is 2. The van der Waals surface area contributed by atoms with E-state index in [1.54, 1.807) is 23.3 Å². The zero-order valence-electron chi connectivity index (χ0n) is 14.5. The van der Waals surface area contributed by atoms with Gasteiger partial charge < -0.3 is 5.32 Å². The Labute approximate surface area is 146 Å². The first-order valence-corrected chi connectivity index (χ1v) is 8.07. The molecule has 0 saturated heterocycles. The van der Waals surface area contributed by atoms with E-state index in [0.717, 1.165) is 22.6 Å². The minimum Gasteiger partial charge on any atom is -0.348 e. The lowest BCUT2D eigenvalue weighted by molar-refractivity contribution is 0.0936. The third-order valence-electron chi connectivity index (χ3n) is 3.78. The molecule has 7 heteroatoms. The van der Waals surface area contributed by atoms with Crippen LogP contribution >= 0.6 is 0 Å². The molecule has 0 aliphatic rings. The molecule has 1 N–H and O–H groups in total. The summed E-state index contributed by atoms with van der Waals surface area (Å²) in [5, 5.41) is 7.02. The van der Waals surface area contributed by atoms with Crippen molar-refractivity contribution in [3.63, 3.8) is 0 Å². The highest BCUT2D eigenvalue weighted by Crippen LogP contribution is 2.21. The molecule has 0 aliphatic heterocycles. The van der Waals surface area contributed by atoms with Crippen molar-refractivity contribution < 1.29 is 4.79 Å². The molecule has 7 nitrogen and oxygen atoms in total. The van der Waals surface area contributed by atoms with E-state index in [9.17, 15) is 4.79 Å². The number of carbonyl (C=O) groups excluding carboxylic acids is 1. The number of hydrogen-bond donors (Lipinski definition) is 1. The summed E-state index contributed by atoms with van der Waals surface area (Å²) in [5.74, 6) is -0.132. The molecule has 2 aromatic heterocycles. The normalized spacial score (nSPS) is 12.0. The lowest BCUT2D eigenvalue weighted by Crippen LogP contribution is -2.35. The summed E-state index contributed by atoms with van der Waals surface area (Å²) in [4.78, 5) is 25.3. The van der Waals surface area contributed by atoms with Gasteiger partial charge in [-0.05, 0) is 32.9 Å². The van der Waals surface area contributed by atoms with Gasteiger partial charge in [0.05, 0.1) is 23.6 Å². The minimum atomic E-state index is -0.132. The van der Waals surface area contributed by atoms with Crippen molar-refractivity contribution in [3.05, 3.63) is 60.1 Å². The predicted molar refractivity (Wildman–Crippen MR) is 93.9 cm³/mol. The monoisotopic (exact) mass is 336 g/mol. The maximum Gasteiger partial charge on any atom is 0.251 e. The maximum atomic E-state index is 12.5. The van der Waals surface area contributed by atoms with Gasteiger partial charge in [0.2, 0.25) is 0 Å². The molecule has 2 heterocycles. The molecule has 0 unspecified atom stereocenters. The second-order valence-corrected chi connectivity index (χ2v) is 6.02. The lowest BCUT2D eigenvalue weighted by atomic mass is 10.1. The summed E-state index contributed by atoms with van der Waals surface area (Å²) < 4.78 is 1.69. The number of rotatable bonds is 5. The van der Waals surface area contributed by atoms with Crippen LogP contribution in [0.4, 0.5) is 0 Å². The Hall–Kier alpha value is -3.09. The van der Waals surface area contributed by atoms with E-state index >= 15 is 0 Å². The Kier molecular flexibility index (Phi) is 4.83. The van der Waals surface area contributed by atoms with Crippen molar-refractivity contribution >= 4 is 5.91 Å². The fourth-order valence-electron chi connectivity index (χ4n) is 2.58. The van der Waals surface area contributed by atoms with Gasteiger partial charge >= 0.3 is 0 Å². The first kappa shape index (κ1) is 16.8. The van der Waals surface area contributed by atoms with Crippen molar-refractivity contribution in [2.45, 2.75) is 33.4 Å². The third kappa shape index (κ3) is 4.06. The Morgan fingerprint density at radius 1 is 1.32 bits per heavy atom. The van der Waals surface area contributed by atoms with Crippen molar-refractivity contribution in [3.8, 4) is 11.3 Å². The second kappa shape index (κ2) is 7.21. The van der Waals surface area contributed by atoms with Crippen molar-refractivity contribution in [2.24, 2.45) is 0 Å². The molecule has 0 radical (unpaired) electrons. The predicted octanol–water partition coefficient (Wildman–Crippen LogP) is 2.17. The first-order chi connectivity index (χ1) is 12.0. The molecule has 25 heavy (non-hydrogen) atoms. The van der Waals surface area contributed by atoms with Crippen molar-refractivity contribution in [1.29, 1.82) is 0 Å². The average molecular weight is 336 g/mol. The van der Waals surface area contributed by atoms with Gasteiger partial charge in [0.1, 0.15) is 12.7 Å². The van der Waals surface area contributed by atoms with Gasteiger partial charge in [-0.25, -0.2) is 9.97 Å². The molecule has 0 bridgehead atoms. The van der Waals surface area contributed by atoms with Gasteiger partial charge in [-0.2, -0.15) is 5.10 Å². The van der Waals surface area contributed by atoms with Gasteiger partial charge in [-0.1, -0.05) is 12.1 Å². The van der Waals surface area contributed by atoms with E-state index in [-0.39, 0.29) is 11.9 Å². The van der Waals surface area contributed by atoms with Crippen LogP contribution in [0.15, 0.2) is 43.1 Å². The molecule has 0 fully saturated rings. The molecule has 0 spiro atoms. The van der Waals surface area contributed by atoms with Crippen LogP contribution in [0, 0.1) is 13.8 Å². The number of carbonyl (C=O) groups is 1. The highest BCUT2D eigenvalue weighted by atomic mass is 16.1. The van der Waals surface area contributed by atoms with E-state index in [1.165, 1.54) is 6.33 Å². The Morgan fingerprint density at radius 3 is 2.92 bits per heavy atom. The van der Waals surface area contributed by atoms with Crippen LogP contribution in [0.1, 0.15) is 28.7 Å². The number of benzene rings is 1. The summed E-state index contributed by atoms with van der Waals surface area (Å²) in [6.45, 7) is 6.31. The van der Waals surface area contributed by atoms with Crippen LogP contribution in [0.3, 0.4) is 0 Å². The topological polar surface area (TPSA) is 85.6 Å². The molecule has 1 aromatic carbocycles. The number of hydrogen-bond acceptors (Lipinski definition) is 5. The maximum absolute atomic E-state index is 12.5. The highest BCUT2D eigenvalue weighted by Gasteiger charge is 2.13. The number of amides is 1. The van der Waals surface area contributed by atoms with E-state index in [4.69, 9.17) is 0 Å². The third-order valence-corrected chi connectivity index (χ3v) is 3.78. The molecular formula is C18H20N6O. The lowest BCUT2D eigenvalue weighted by Gasteiger charge is -2.14. The molecule has 0 aliphatic carbocycles. The van der Waals surface area contributed by atoms with Gasteiger partial charge in [-0.3, -0.25) is 14.5 Å². The summed E-state index contributed by atoms with van der Waals surface area (Å²) in [6, 6.07) is 7.36. The number of nitrogens with one attached hydrogen (secondary N) is 1. The molecule has 3 aromatic rings. The summed E-state index contributed by atoms with van der Waals surface area (Å²) in [7, 11) is 0. The number of aromatic nitrogens is 5. The molecule has 0 saturated carbocycles.